The zero-order chi connectivity index (χ0) is 15.8. The summed E-state index contributed by atoms with van der Waals surface area (Å²) >= 11 is 0. The SMILES string of the molecule is CCC(C)(C)C(=O)C(=O)N1CCCC1C1CC(=O)NC1=O. The molecule has 2 rings (SSSR count). The highest BCUT2D eigenvalue weighted by atomic mass is 16.2. The van der Waals surface area contributed by atoms with Crippen LogP contribution in [-0.4, -0.2) is 41.0 Å². The Labute approximate surface area is 124 Å². The molecule has 2 fully saturated rings. The first-order chi connectivity index (χ1) is 9.77. The van der Waals surface area contributed by atoms with Gasteiger partial charge < -0.3 is 4.90 Å². The second-order valence-electron chi connectivity index (χ2n) is 6.50. The van der Waals surface area contributed by atoms with Gasteiger partial charge in [-0.1, -0.05) is 20.8 Å². The highest BCUT2D eigenvalue weighted by Gasteiger charge is 2.45. The molecule has 2 saturated heterocycles. The largest absolute Gasteiger partial charge is 0.332 e. The molecule has 6 nitrogen and oxygen atoms in total. The van der Waals surface area contributed by atoms with Gasteiger partial charge >= 0.3 is 0 Å². The van der Waals surface area contributed by atoms with Crippen molar-refractivity contribution in [1.82, 2.24) is 10.2 Å². The van der Waals surface area contributed by atoms with Gasteiger partial charge in [0.2, 0.25) is 17.6 Å². The normalized spacial score (nSPS) is 26.1. The third kappa shape index (κ3) is 2.84. The summed E-state index contributed by atoms with van der Waals surface area (Å²) < 4.78 is 0. The van der Waals surface area contributed by atoms with Crippen molar-refractivity contribution in [1.29, 1.82) is 0 Å². The number of carbonyl (C=O) groups excluding carboxylic acids is 4. The molecule has 0 aromatic heterocycles. The first-order valence-electron chi connectivity index (χ1n) is 7.47. The van der Waals surface area contributed by atoms with Gasteiger partial charge in [-0.25, -0.2) is 0 Å². The van der Waals surface area contributed by atoms with Gasteiger partial charge in [0.1, 0.15) is 0 Å². The van der Waals surface area contributed by atoms with E-state index in [2.05, 4.69) is 5.32 Å². The molecule has 2 heterocycles. The fourth-order valence-electron chi connectivity index (χ4n) is 2.93. The Hall–Kier alpha value is -1.72. The lowest BCUT2D eigenvalue weighted by Gasteiger charge is -2.30. The molecule has 0 bridgehead atoms. The van der Waals surface area contributed by atoms with Gasteiger partial charge in [0.15, 0.2) is 0 Å². The van der Waals surface area contributed by atoms with Crippen LogP contribution in [0, 0.1) is 11.3 Å². The maximum absolute atomic E-state index is 12.5. The Morgan fingerprint density at radius 1 is 1.33 bits per heavy atom. The van der Waals surface area contributed by atoms with E-state index in [1.807, 2.05) is 6.92 Å². The van der Waals surface area contributed by atoms with Crippen molar-refractivity contribution in [2.45, 2.75) is 52.5 Å². The monoisotopic (exact) mass is 294 g/mol. The van der Waals surface area contributed by atoms with E-state index < -0.39 is 23.0 Å². The Morgan fingerprint density at radius 2 is 2.00 bits per heavy atom. The quantitative estimate of drug-likeness (QED) is 0.609. The summed E-state index contributed by atoms with van der Waals surface area (Å²) in [6.45, 7) is 5.86. The molecule has 0 aliphatic carbocycles. The molecule has 21 heavy (non-hydrogen) atoms. The van der Waals surface area contributed by atoms with Crippen LogP contribution in [0.3, 0.4) is 0 Å². The van der Waals surface area contributed by atoms with Crippen LogP contribution in [0.5, 0.6) is 0 Å². The number of amides is 3. The maximum Gasteiger partial charge on any atom is 0.290 e. The van der Waals surface area contributed by atoms with Crippen molar-refractivity contribution in [2.75, 3.05) is 6.54 Å². The average Bonchev–Trinajstić information content (AvgIpc) is 3.03. The Balaban J connectivity index is 2.15. The van der Waals surface area contributed by atoms with Crippen molar-refractivity contribution in [2.24, 2.45) is 11.3 Å². The summed E-state index contributed by atoms with van der Waals surface area (Å²) in [4.78, 5) is 49.4. The van der Waals surface area contributed by atoms with Gasteiger partial charge in [0.25, 0.3) is 5.91 Å². The fourth-order valence-corrected chi connectivity index (χ4v) is 2.93. The lowest BCUT2D eigenvalue weighted by molar-refractivity contribution is -0.150. The van der Waals surface area contributed by atoms with E-state index >= 15 is 0 Å². The molecular weight excluding hydrogens is 272 g/mol. The molecular formula is C15H22N2O4. The van der Waals surface area contributed by atoms with Gasteiger partial charge in [-0.3, -0.25) is 24.5 Å². The molecule has 0 aromatic rings. The maximum atomic E-state index is 12.5. The van der Waals surface area contributed by atoms with E-state index in [1.54, 1.807) is 13.8 Å². The highest BCUT2D eigenvalue weighted by Crippen LogP contribution is 2.31. The number of likely N-dealkylation sites (tertiary alicyclic amines) is 1. The van der Waals surface area contributed by atoms with E-state index in [0.717, 1.165) is 6.42 Å². The predicted molar refractivity (Wildman–Crippen MR) is 75.1 cm³/mol. The summed E-state index contributed by atoms with van der Waals surface area (Å²) in [5, 5.41) is 2.27. The third-order valence-electron chi connectivity index (χ3n) is 4.72. The van der Waals surface area contributed by atoms with Crippen LogP contribution in [0.15, 0.2) is 0 Å². The standard InChI is InChI=1S/C15H22N2O4/c1-4-15(2,3)12(19)14(21)17-7-5-6-10(17)9-8-11(18)16-13(9)20/h9-10H,4-8H2,1-3H3,(H,16,18,20). The zero-order valence-corrected chi connectivity index (χ0v) is 12.8. The highest BCUT2D eigenvalue weighted by molar-refractivity contribution is 6.38. The number of hydrogen-bond acceptors (Lipinski definition) is 4. The summed E-state index contributed by atoms with van der Waals surface area (Å²) in [7, 11) is 0. The molecule has 2 aliphatic rings. The Kier molecular flexibility index (Phi) is 4.16. The van der Waals surface area contributed by atoms with Crippen LogP contribution in [0.2, 0.25) is 0 Å². The van der Waals surface area contributed by atoms with Crippen molar-refractivity contribution < 1.29 is 19.2 Å². The number of ketones is 1. The van der Waals surface area contributed by atoms with Crippen molar-refractivity contribution in [3.8, 4) is 0 Å². The first-order valence-corrected chi connectivity index (χ1v) is 7.47. The molecule has 6 heteroatoms. The van der Waals surface area contributed by atoms with Crippen LogP contribution in [0.1, 0.15) is 46.5 Å². The summed E-state index contributed by atoms with van der Waals surface area (Å²) in [5.74, 6) is -2.07. The summed E-state index contributed by atoms with van der Waals surface area (Å²) in [6.07, 6.45) is 2.11. The summed E-state index contributed by atoms with van der Waals surface area (Å²) in [6, 6.07) is -0.333. The van der Waals surface area contributed by atoms with Crippen molar-refractivity contribution in [3.63, 3.8) is 0 Å². The molecule has 1 N–H and O–H groups in total. The number of rotatable bonds is 4. The van der Waals surface area contributed by atoms with Crippen LogP contribution < -0.4 is 5.32 Å². The molecule has 0 saturated carbocycles. The van der Waals surface area contributed by atoms with E-state index in [-0.39, 0.29) is 24.3 Å². The molecule has 0 aromatic carbocycles. The fraction of sp³-hybridized carbons (Fsp3) is 0.733. The molecule has 116 valence electrons. The average molecular weight is 294 g/mol. The molecule has 2 aliphatic heterocycles. The van der Waals surface area contributed by atoms with Gasteiger partial charge in [0, 0.05) is 24.4 Å². The molecule has 0 spiro atoms. The lowest BCUT2D eigenvalue weighted by Crippen LogP contribution is -2.48. The number of hydrogen-bond donors (Lipinski definition) is 1. The van der Waals surface area contributed by atoms with E-state index in [4.69, 9.17) is 0 Å². The third-order valence-corrected chi connectivity index (χ3v) is 4.72. The lowest BCUT2D eigenvalue weighted by atomic mass is 9.84. The van der Waals surface area contributed by atoms with Crippen molar-refractivity contribution in [3.05, 3.63) is 0 Å². The minimum absolute atomic E-state index is 0.110. The van der Waals surface area contributed by atoms with Gasteiger partial charge in [0.05, 0.1) is 5.92 Å². The second kappa shape index (κ2) is 5.58. The minimum atomic E-state index is -0.696. The molecule has 0 radical (unpaired) electrons. The van der Waals surface area contributed by atoms with E-state index in [9.17, 15) is 19.2 Å². The van der Waals surface area contributed by atoms with Crippen molar-refractivity contribution >= 4 is 23.5 Å². The van der Waals surface area contributed by atoms with Crippen LogP contribution >= 0.6 is 0 Å². The number of imide groups is 1. The Morgan fingerprint density at radius 3 is 2.52 bits per heavy atom. The van der Waals surface area contributed by atoms with Gasteiger partial charge in [-0.15, -0.1) is 0 Å². The zero-order valence-electron chi connectivity index (χ0n) is 12.8. The number of Topliss-reactive ketones (excluding diaryl/α,β-unsaturated/α-hetero) is 1. The van der Waals surface area contributed by atoms with E-state index in [0.29, 0.717) is 19.4 Å². The number of carbonyl (C=O) groups is 4. The van der Waals surface area contributed by atoms with Crippen LogP contribution in [0.4, 0.5) is 0 Å². The van der Waals surface area contributed by atoms with Gasteiger partial charge in [-0.05, 0) is 19.3 Å². The smallest absolute Gasteiger partial charge is 0.290 e. The topological polar surface area (TPSA) is 83.6 Å². The number of nitrogens with one attached hydrogen (secondary N) is 1. The minimum Gasteiger partial charge on any atom is -0.332 e. The molecule has 2 atom stereocenters. The number of nitrogens with zero attached hydrogens (tertiary/aromatic N) is 1. The Bertz CT molecular complexity index is 498. The first kappa shape index (κ1) is 15.7. The molecule has 3 amide bonds. The second-order valence-corrected chi connectivity index (χ2v) is 6.50. The molecule has 2 unspecified atom stereocenters. The van der Waals surface area contributed by atoms with Crippen LogP contribution in [-0.2, 0) is 19.2 Å². The summed E-state index contributed by atoms with van der Waals surface area (Å²) in [5.41, 5.74) is -0.696. The van der Waals surface area contributed by atoms with E-state index in [1.165, 1.54) is 4.90 Å². The predicted octanol–water partition coefficient (Wildman–Crippen LogP) is 0.645. The van der Waals surface area contributed by atoms with Crippen LogP contribution in [0.25, 0.3) is 0 Å². The van der Waals surface area contributed by atoms with Gasteiger partial charge in [-0.2, -0.15) is 0 Å².